The average Bonchev–Trinajstić information content (AvgIpc) is 2.54. The van der Waals surface area contributed by atoms with Crippen molar-refractivity contribution in [2.75, 3.05) is 19.0 Å². The molecule has 2 amide bonds. The minimum atomic E-state index is -4.53. The highest BCUT2D eigenvalue weighted by molar-refractivity contribution is 5.88. The van der Waals surface area contributed by atoms with Crippen molar-refractivity contribution in [3.8, 4) is 5.88 Å². The van der Waals surface area contributed by atoms with Gasteiger partial charge in [0.2, 0.25) is 5.88 Å². The van der Waals surface area contributed by atoms with Crippen LogP contribution in [0.3, 0.4) is 0 Å². The number of carbonyl (C=O) groups excluding carboxylic acids is 1. The molecule has 134 valence electrons. The number of aromatic nitrogens is 3. The van der Waals surface area contributed by atoms with E-state index in [1.807, 2.05) is 0 Å². The number of urea groups is 1. The van der Waals surface area contributed by atoms with E-state index in [9.17, 15) is 18.0 Å². The molecule has 2 aromatic heterocycles. The second-order valence-corrected chi connectivity index (χ2v) is 5.03. The molecule has 0 fully saturated rings. The molecule has 25 heavy (non-hydrogen) atoms. The number of rotatable bonds is 5. The standard InChI is InChI=1S/C15H16F3N5O2/c1-9-7-11(15(16,17)18)23-12(21-9)5-6-19-14(24)22-10-3-4-13(25-2)20-8-10/h3-4,7-8H,5-6H2,1-2H3,(H2,19,22,24). The molecule has 0 aliphatic heterocycles. The summed E-state index contributed by atoms with van der Waals surface area (Å²) in [5.74, 6) is 0.418. The minimum absolute atomic E-state index is 0.0127. The van der Waals surface area contributed by atoms with Crippen LogP contribution in [-0.4, -0.2) is 34.6 Å². The van der Waals surface area contributed by atoms with E-state index in [0.717, 1.165) is 6.07 Å². The lowest BCUT2D eigenvalue weighted by atomic mass is 10.3. The van der Waals surface area contributed by atoms with Crippen LogP contribution in [0.1, 0.15) is 17.2 Å². The predicted octanol–water partition coefficient (Wildman–Crippen LogP) is 2.57. The summed E-state index contributed by atoms with van der Waals surface area (Å²) in [7, 11) is 1.47. The van der Waals surface area contributed by atoms with Gasteiger partial charge in [-0.1, -0.05) is 0 Å². The third-order valence-corrected chi connectivity index (χ3v) is 3.03. The largest absolute Gasteiger partial charge is 0.481 e. The summed E-state index contributed by atoms with van der Waals surface area (Å²) in [4.78, 5) is 23.1. The van der Waals surface area contributed by atoms with E-state index >= 15 is 0 Å². The van der Waals surface area contributed by atoms with Crippen molar-refractivity contribution in [2.24, 2.45) is 0 Å². The summed E-state index contributed by atoms with van der Waals surface area (Å²) in [6.45, 7) is 1.54. The Morgan fingerprint density at radius 2 is 2.04 bits per heavy atom. The van der Waals surface area contributed by atoms with Gasteiger partial charge in [-0.2, -0.15) is 13.2 Å². The van der Waals surface area contributed by atoms with Crippen LogP contribution in [0.5, 0.6) is 5.88 Å². The molecule has 0 unspecified atom stereocenters. The number of aryl methyl sites for hydroxylation is 1. The maximum absolute atomic E-state index is 12.7. The molecule has 0 bridgehead atoms. The Bertz CT molecular complexity index is 735. The van der Waals surface area contributed by atoms with E-state index < -0.39 is 17.9 Å². The molecule has 0 atom stereocenters. The fraction of sp³-hybridized carbons (Fsp3) is 0.333. The van der Waals surface area contributed by atoms with Gasteiger partial charge in [-0.05, 0) is 19.1 Å². The van der Waals surface area contributed by atoms with Crippen LogP contribution < -0.4 is 15.4 Å². The zero-order valence-electron chi connectivity index (χ0n) is 13.5. The Morgan fingerprint density at radius 1 is 1.28 bits per heavy atom. The third kappa shape index (κ3) is 5.59. The normalized spacial score (nSPS) is 11.1. The molecule has 2 rings (SSSR count). The van der Waals surface area contributed by atoms with E-state index in [1.165, 1.54) is 20.2 Å². The lowest BCUT2D eigenvalue weighted by Gasteiger charge is -2.10. The molecular weight excluding hydrogens is 339 g/mol. The number of methoxy groups -OCH3 is 1. The second-order valence-electron chi connectivity index (χ2n) is 5.03. The first-order valence-corrected chi connectivity index (χ1v) is 7.24. The highest BCUT2D eigenvalue weighted by atomic mass is 19.4. The first-order chi connectivity index (χ1) is 11.8. The van der Waals surface area contributed by atoms with Gasteiger partial charge < -0.3 is 15.4 Å². The molecule has 10 heteroatoms. The molecule has 0 radical (unpaired) electrons. The number of amides is 2. The number of nitrogens with one attached hydrogen (secondary N) is 2. The molecule has 0 aromatic carbocycles. The maximum atomic E-state index is 12.7. The summed E-state index contributed by atoms with van der Waals surface area (Å²) in [5, 5.41) is 5.05. The Labute approximate surface area is 141 Å². The van der Waals surface area contributed by atoms with E-state index in [0.29, 0.717) is 11.6 Å². The molecule has 7 nitrogen and oxygen atoms in total. The Kier molecular flexibility index (Phi) is 5.73. The average molecular weight is 355 g/mol. The Balaban J connectivity index is 1.87. The number of hydrogen-bond acceptors (Lipinski definition) is 5. The number of anilines is 1. The van der Waals surface area contributed by atoms with Crippen LogP contribution in [0, 0.1) is 6.92 Å². The van der Waals surface area contributed by atoms with Gasteiger partial charge in [0, 0.05) is 24.7 Å². The van der Waals surface area contributed by atoms with E-state index in [-0.39, 0.29) is 24.5 Å². The number of hydrogen-bond donors (Lipinski definition) is 2. The zero-order chi connectivity index (χ0) is 18.4. The number of alkyl halides is 3. The third-order valence-electron chi connectivity index (χ3n) is 3.03. The highest BCUT2D eigenvalue weighted by Gasteiger charge is 2.33. The second kappa shape index (κ2) is 7.77. The number of halogens is 3. The van der Waals surface area contributed by atoms with Crippen LogP contribution in [-0.2, 0) is 12.6 Å². The summed E-state index contributed by atoms with van der Waals surface area (Å²) >= 11 is 0. The quantitative estimate of drug-likeness (QED) is 0.861. The van der Waals surface area contributed by atoms with Crippen molar-refractivity contribution in [1.29, 1.82) is 0 Å². The molecule has 0 saturated heterocycles. The summed E-state index contributed by atoms with van der Waals surface area (Å²) < 4.78 is 43.0. The van der Waals surface area contributed by atoms with Crippen LogP contribution in [0.25, 0.3) is 0 Å². The smallest absolute Gasteiger partial charge is 0.433 e. The van der Waals surface area contributed by atoms with Crippen molar-refractivity contribution in [1.82, 2.24) is 20.3 Å². The van der Waals surface area contributed by atoms with Gasteiger partial charge in [0.05, 0.1) is 19.0 Å². The summed E-state index contributed by atoms with van der Waals surface area (Å²) in [5.41, 5.74) is -0.334. The molecule has 2 heterocycles. The van der Waals surface area contributed by atoms with Gasteiger partial charge in [-0.15, -0.1) is 0 Å². The molecule has 0 aliphatic carbocycles. The zero-order valence-corrected chi connectivity index (χ0v) is 13.5. The van der Waals surface area contributed by atoms with Gasteiger partial charge in [0.25, 0.3) is 0 Å². The lowest BCUT2D eigenvalue weighted by Crippen LogP contribution is -2.31. The number of pyridine rings is 1. The fourth-order valence-electron chi connectivity index (χ4n) is 1.93. The number of nitrogens with zero attached hydrogens (tertiary/aromatic N) is 3. The van der Waals surface area contributed by atoms with Crippen LogP contribution >= 0.6 is 0 Å². The monoisotopic (exact) mass is 355 g/mol. The summed E-state index contributed by atoms with van der Waals surface area (Å²) in [6, 6.07) is 3.54. The Hall–Kier alpha value is -2.91. The van der Waals surface area contributed by atoms with Crippen molar-refractivity contribution in [2.45, 2.75) is 19.5 Å². The molecule has 2 N–H and O–H groups in total. The lowest BCUT2D eigenvalue weighted by molar-refractivity contribution is -0.141. The molecule has 0 saturated carbocycles. The van der Waals surface area contributed by atoms with Gasteiger partial charge in [0.15, 0.2) is 0 Å². The molecular formula is C15H16F3N5O2. The maximum Gasteiger partial charge on any atom is 0.433 e. The topological polar surface area (TPSA) is 89.0 Å². The van der Waals surface area contributed by atoms with E-state index in [2.05, 4.69) is 25.6 Å². The Morgan fingerprint density at radius 3 is 2.64 bits per heavy atom. The molecule has 0 aliphatic rings. The van der Waals surface area contributed by atoms with Crippen molar-refractivity contribution in [3.05, 3.63) is 41.6 Å². The molecule has 2 aromatic rings. The first-order valence-electron chi connectivity index (χ1n) is 7.24. The van der Waals surface area contributed by atoms with Crippen molar-refractivity contribution in [3.63, 3.8) is 0 Å². The van der Waals surface area contributed by atoms with Gasteiger partial charge in [0.1, 0.15) is 11.5 Å². The predicted molar refractivity (Wildman–Crippen MR) is 83.3 cm³/mol. The fourth-order valence-corrected chi connectivity index (χ4v) is 1.93. The van der Waals surface area contributed by atoms with Gasteiger partial charge in [-0.3, -0.25) is 0 Å². The summed E-state index contributed by atoms with van der Waals surface area (Å²) in [6.07, 6.45) is -3.05. The number of ether oxygens (including phenoxy) is 1. The van der Waals surface area contributed by atoms with Gasteiger partial charge >= 0.3 is 12.2 Å². The minimum Gasteiger partial charge on any atom is -0.481 e. The van der Waals surface area contributed by atoms with Crippen LogP contribution in [0.4, 0.5) is 23.7 Å². The van der Waals surface area contributed by atoms with Crippen LogP contribution in [0.15, 0.2) is 24.4 Å². The van der Waals surface area contributed by atoms with Crippen molar-refractivity contribution >= 4 is 11.7 Å². The SMILES string of the molecule is COc1ccc(NC(=O)NCCc2nc(C)cc(C(F)(F)F)n2)cn1. The van der Waals surface area contributed by atoms with Gasteiger partial charge in [-0.25, -0.2) is 19.7 Å². The van der Waals surface area contributed by atoms with Crippen LogP contribution in [0.2, 0.25) is 0 Å². The first kappa shape index (κ1) is 18.4. The van der Waals surface area contributed by atoms with Crippen molar-refractivity contribution < 1.29 is 22.7 Å². The molecule has 0 spiro atoms. The highest BCUT2D eigenvalue weighted by Crippen LogP contribution is 2.27. The van der Waals surface area contributed by atoms with E-state index in [4.69, 9.17) is 4.74 Å². The van der Waals surface area contributed by atoms with E-state index in [1.54, 1.807) is 12.1 Å². The number of carbonyl (C=O) groups is 1.